The average Bonchev–Trinajstić information content (AvgIpc) is 2.86. The van der Waals surface area contributed by atoms with E-state index in [0.29, 0.717) is 11.3 Å². The fraction of sp³-hybridized carbons (Fsp3) is 0.438. The highest BCUT2D eigenvalue weighted by molar-refractivity contribution is 5.42. The van der Waals surface area contributed by atoms with Gasteiger partial charge in [-0.05, 0) is 36.6 Å². The molecule has 0 amide bonds. The van der Waals surface area contributed by atoms with Crippen molar-refractivity contribution in [3.05, 3.63) is 47.5 Å². The Morgan fingerprint density at radius 2 is 1.71 bits per heavy atom. The highest BCUT2D eigenvalue weighted by Gasteiger charge is 2.31. The van der Waals surface area contributed by atoms with Crippen molar-refractivity contribution in [3.63, 3.8) is 0 Å². The van der Waals surface area contributed by atoms with E-state index in [1.54, 1.807) is 23.8 Å². The molecule has 0 fully saturated rings. The number of halogens is 3. The van der Waals surface area contributed by atoms with Gasteiger partial charge in [0.05, 0.1) is 17.6 Å². The van der Waals surface area contributed by atoms with Crippen molar-refractivity contribution >= 4 is 0 Å². The quantitative estimate of drug-likeness (QED) is 0.731. The molecule has 1 aromatic carbocycles. The summed E-state index contributed by atoms with van der Waals surface area (Å²) in [5.41, 5.74) is 1.29. The molecule has 0 saturated heterocycles. The molecule has 0 unspecified atom stereocenters. The van der Waals surface area contributed by atoms with Crippen LogP contribution < -0.4 is 0 Å². The number of hydrogen-bond acceptors (Lipinski definition) is 1. The van der Waals surface area contributed by atoms with Crippen molar-refractivity contribution in [2.24, 2.45) is 0 Å². The van der Waals surface area contributed by atoms with E-state index < -0.39 is 11.7 Å². The van der Waals surface area contributed by atoms with Gasteiger partial charge in [0.25, 0.3) is 0 Å². The zero-order valence-electron chi connectivity index (χ0n) is 13.0. The van der Waals surface area contributed by atoms with Crippen LogP contribution in [0.2, 0.25) is 0 Å². The van der Waals surface area contributed by atoms with Crippen LogP contribution in [0, 0.1) is 6.92 Å². The Morgan fingerprint density at radius 3 is 2.14 bits per heavy atom. The van der Waals surface area contributed by atoms with E-state index in [2.05, 4.69) is 4.98 Å². The molecule has 1 heterocycles. The normalized spacial score (nSPS) is 11.3. The fourth-order valence-corrected chi connectivity index (χ4v) is 1.84. The Hall–Kier alpha value is -1.78. The second-order valence-corrected chi connectivity index (χ2v) is 4.89. The highest BCUT2D eigenvalue weighted by atomic mass is 19.4. The van der Waals surface area contributed by atoms with Crippen LogP contribution in [-0.4, -0.2) is 9.55 Å². The first-order valence-corrected chi connectivity index (χ1v) is 7.00. The molecule has 0 N–H and O–H groups in total. The third-order valence-electron chi connectivity index (χ3n) is 2.94. The number of aryl methyl sites for hydroxylation is 1. The molecule has 0 aliphatic heterocycles. The maximum Gasteiger partial charge on any atom is 0.416 e. The summed E-state index contributed by atoms with van der Waals surface area (Å²) >= 11 is 0. The Morgan fingerprint density at radius 1 is 1.10 bits per heavy atom. The molecule has 0 atom stereocenters. The summed E-state index contributed by atoms with van der Waals surface area (Å²) in [7, 11) is 0. The van der Waals surface area contributed by atoms with E-state index in [1.165, 1.54) is 12.4 Å². The third-order valence-corrected chi connectivity index (χ3v) is 2.94. The number of nitrogens with zero attached hydrogens (tertiary/aromatic N) is 2. The van der Waals surface area contributed by atoms with Gasteiger partial charge >= 0.3 is 6.18 Å². The second-order valence-electron chi connectivity index (χ2n) is 4.89. The molecule has 116 valence electrons. The SMILES string of the molecule is CC.Cc1cn(-c2cc(C(C)C)cc(C(F)(F)F)c2)cn1. The van der Waals surface area contributed by atoms with Gasteiger partial charge in [-0.25, -0.2) is 4.98 Å². The summed E-state index contributed by atoms with van der Waals surface area (Å²) in [4.78, 5) is 4.04. The van der Waals surface area contributed by atoms with Gasteiger partial charge in [-0.1, -0.05) is 27.7 Å². The van der Waals surface area contributed by atoms with Gasteiger partial charge in [0.2, 0.25) is 0 Å². The predicted octanol–water partition coefficient (Wildman–Crippen LogP) is 5.35. The summed E-state index contributed by atoms with van der Waals surface area (Å²) < 4.78 is 40.3. The summed E-state index contributed by atoms with van der Waals surface area (Å²) in [6.45, 7) is 9.55. The predicted molar refractivity (Wildman–Crippen MR) is 78.7 cm³/mol. The number of aromatic nitrogens is 2. The smallest absolute Gasteiger partial charge is 0.306 e. The van der Waals surface area contributed by atoms with Crippen molar-refractivity contribution in [1.82, 2.24) is 9.55 Å². The molecule has 0 spiro atoms. The van der Waals surface area contributed by atoms with Crippen LogP contribution in [0.5, 0.6) is 0 Å². The van der Waals surface area contributed by atoms with Crippen LogP contribution in [0.4, 0.5) is 13.2 Å². The first-order chi connectivity index (χ1) is 9.77. The molecule has 1 aromatic heterocycles. The van der Waals surface area contributed by atoms with Crippen LogP contribution >= 0.6 is 0 Å². The molecular formula is C16H21F3N2. The molecule has 2 aromatic rings. The van der Waals surface area contributed by atoms with E-state index in [0.717, 1.165) is 11.8 Å². The average molecular weight is 298 g/mol. The van der Waals surface area contributed by atoms with E-state index >= 15 is 0 Å². The lowest BCUT2D eigenvalue weighted by molar-refractivity contribution is -0.137. The summed E-state index contributed by atoms with van der Waals surface area (Å²) in [5.74, 6) is 0.0330. The van der Waals surface area contributed by atoms with Crippen molar-refractivity contribution in [2.45, 2.75) is 46.7 Å². The highest BCUT2D eigenvalue weighted by Crippen LogP contribution is 2.33. The third kappa shape index (κ3) is 4.34. The Bertz CT molecular complexity index is 583. The van der Waals surface area contributed by atoms with Crippen LogP contribution in [0.3, 0.4) is 0 Å². The van der Waals surface area contributed by atoms with E-state index in [1.807, 2.05) is 27.7 Å². The van der Waals surface area contributed by atoms with Gasteiger partial charge in [0.1, 0.15) is 0 Å². The standard InChI is InChI=1S/C14H15F3N2.C2H6/c1-9(2)11-4-12(14(15,16)17)6-13(5-11)19-7-10(3)18-8-19;1-2/h4-9H,1-3H3;1-2H3. The number of hydrogen-bond donors (Lipinski definition) is 0. The number of imidazole rings is 1. The first-order valence-electron chi connectivity index (χ1n) is 7.00. The van der Waals surface area contributed by atoms with E-state index in [9.17, 15) is 13.2 Å². The van der Waals surface area contributed by atoms with Gasteiger partial charge in [0.15, 0.2) is 0 Å². The second kappa shape index (κ2) is 6.78. The van der Waals surface area contributed by atoms with Gasteiger partial charge in [-0.2, -0.15) is 13.2 Å². The molecule has 2 nitrogen and oxygen atoms in total. The lowest BCUT2D eigenvalue weighted by Gasteiger charge is -2.14. The lowest BCUT2D eigenvalue weighted by atomic mass is 9.99. The maximum absolute atomic E-state index is 12.9. The topological polar surface area (TPSA) is 17.8 Å². The number of rotatable bonds is 2. The molecule has 0 radical (unpaired) electrons. The van der Waals surface area contributed by atoms with Crippen LogP contribution in [0.25, 0.3) is 5.69 Å². The first kappa shape index (κ1) is 17.3. The lowest BCUT2D eigenvalue weighted by Crippen LogP contribution is -2.08. The molecule has 0 bridgehead atoms. The van der Waals surface area contributed by atoms with Crippen molar-refractivity contribution < 1.29 is 13.2 Å². The fourth-order valence-electron chi connectivity index (χ4n) is 1.84. The van der Waals surface area contributed by atoms with Crippen molar-refractivity contribution in [1.29, 1.82) is 0 Å². The molecule has 2 rings (SSSR count). The molecular weight excluding hydrogens is 277 g/mol. The minimum absolute atomic E-state index is 0.0330. The number of alkyl halides is 3. The largest absolute Gasteiger partial charge is 0.416 e. The molecule has 0 aliphatic carbocycles. The van der Waals surface area contributed by atoms with Gasteiger partial charge in [-0.15, -0.1) is 0 Å². The monoisotopic (exact) mass is 298 g/mol. The summed E-state index contributed by atoms with van der Waals surface area (Å²) in [6, 6.07) is 4.12. The van der Waals surface area contributed by atoms with Crippen LogP contribution in [0.15, 0.2) is 30.7 Å². The maximum atomic E-state index is 12.9. The minimum atomic E-state index is -4.34. The minimum Gasteiger partial charge on any atom is -0.306 e. The number of benzene rings is 1. The molecule has 21 heavy (non-hydrogen) atoms. The van der Waals surface area contributed by atoms with Gasteiger partial charge in [0, 0.05) is 11.9 Å². The molecule has 5 heteroatoms. The zero-order valence-corrected chi connectivity index (χ0v) is 13.0. The Balaban J connectivity index is 0.00000106. The Kier molecular flexibility index (Phi) is 5.58. The van der Waals surface area contributed by atoms with Crippen molar-refractivity contribution in [2.75, 3.05) is 0 Å². The van der Waals surface area contributed by atoms with Crippen LogP contribution in [0.1, 0.15) is 50.4 Å². The zero-order chi connectivity index (χ0) is 16.2. The molecule has 0 saturated carbocycles. The van der Waals surface area contributed by atoms with E-state index in [-0.39, 0.29) is 5.92 Å². The Labute approximate surface area is 123 Å². The summed E-state index contributed by atoms with van der Waals surface area (Å²) in [5, 5.41) is 0. The van der Waals surface area contributed by atoms with E-state index in [4.69, 9.17) is 0 Å². The summed E-state index contributed by atoms with van der Waals surface area (Å²) in [6.07, 6.45) is -1.11. The van der Waals surface area contributed by atoms with Gasteiger partial charge < -0.3 is 4.57 Å². The van der Waals surface area contributed by atoms with Crippen molar-refractivity contribution in [3.8, 4) is 5.69 Å². The van der Waals surface area contributed by atoms with Gasteiger partial charge in [-0.3, -0.25) is 0 Å². The molecule has 0 aliphatic rings. The van der Waals surface area contributed by atoms with Crippen LogP contribution in [-0.2, 0) is 6.18 Å².